The fraction of sp³-hybridized carbons (Fsp3) is 0. The summed E-state index contributed by atoms with van der Waals surface area (Å²) < 4.78 is 40.2. The van der Waals surface area contributed by atoms with Gasteiger partial charge in [0.05, 0.1) is 0 Å². The van der Waals surface area contributed by atoms with Gasteiger partial charge in [0.25, 0.3) is 5.91 Å². The maximum atomic E-state index is 13.0. The Morgan fingerprint density at radius 1 is 0.900 bits per heavy atom. The van der Waals surface area contributed by atoms with E-state index < -0.39 is 23.4 Å². The molecule has 0 aliphatic rings. The van der Waals surface area contributed by atoms with Crippen LogP contribution in [0.4, 0.5) is 18.9 Å². The van der Waals surface area contributed by atoms with Crippen LogP contribution in [0, 0.1) is 17.5 Å². The van der Waals surface area contributed by atoms with Gasteiger partial charge in [0.15, 0.2) is 17.5 Å². The largest absolute Gasteiger partial charge is 0.322 e. The highest BCUT2D eigenvalue weighted by molar-refractivity contribution is 9.11. The Morgan fingerprint density at radius 3 is 1.90 bits per heavy atom. The van der Waals surface area contributed by atoms with Crippen LogP contribution >= 0.6 is 31.9 Å². The Balaban J connectivity index is 2.28. The van der Waals surface area contributed by atoms with Crippen LogP contribution in [-0.2, 0) is 0 Å². The molecule has 0 aliphatic carbocycles. The van der Waals surface area contributed by atoms with Crippen molar-refractivity contribution in [2.45, 2.75) is 0 Å². The molecule has 0 saturated carbocycles. The van der Waals surface area contributed by atoms with E-state index in [4.69, 9.17) is 0 Å². The number of rotatable bonds is 2. The van der Waals surface area contributed by atoms with Gasteiger partial charge in [-0.1, -0.05) is 31.9 Å². The van der Waals surface area contributed by atoms with E-state index in [-0.39, 0.29) is 11.3 Å². The summed E-state index contributed by atoms with van der Waals surface area (Å²) in [5.74, 6) is -4.88. The number of benzene rings is 2. The lowest BCUT2D eigenvalue weighted by Gasteiger charge is -2.07. The second-order valence-corrected chi connectivity index (χ2v) is 5.70. The maximum Gasteiger partial charge on any atom is 0.255 e. The average molecular weight is 409 g/mol. The first kappa shape index (κ1) is 15.1. The number of hydrogen-bond acceptors (Lipinski definition) is 1. The van der Waals surface area contributed by atoms with E-state index >= 15 is 0 Å². The normalized spacial score (nSPS) is 10.4. The van der Waals surface area contributed by atoms with Gasteiger partial charge in [0, 0.05) is 32.3 Å². The molecule has 2 aromatic rings. The fourth-order valence-electron chi connectivity index (χ4n) is 1.52. The molecule has 2 aromatic carbocycles. The molecule has 0 saturated heterocycles. The van der Waals surface area contributed by atoms with E-state index in [1.165, 1.54) is 12.1 Å². The summed E-state index contributed by atoms with van der Waals surface area (Å²) in [6, 6.07) is 6.23. The van der Waals surface area contributed by atoms with E-state index in [0.29, 0.717) is 21.1 Å². The summed E-state index contributed by atoms with van der Waals surface area (Å²) in [4.78, 5) is 11.9. The van der Waals surface area contributed by atoms with Gasteiger partial charge in [0.2, 0.25) is 0 Å². The van der Waals surface area contributed by atoms with Gasteiger partial charge in [-0.15, -0.1) is 0 Å². The molecule has 1 N–H and O–H groups in total. The Labute approximate surface area is 129 Å². The van der Waals surface area contributed by atoms with Gasteiger partial charge >= 0.3 is 0 Å². The summed E-state index contributed by atoms with van der Waals surface area (Å²) in [5, 5.41) is 2.29. The van der Waals surface area contributed by atoms with Crippen molar-refractivity contribution in [2.24, 2.45) is 0 Å². The highest BCUT2D eigenvalue weighted by Crippen LogP contribution is 2.22. The van der Waals surface area contributed by atoms with Crippen LogP contribution in [0.5, 0.6) is 0 Å². The van der Waals surface area contributed by atoms with E-state index in [9.17, 15) is 18.0 Å². The zero-order valence-corrected chi connectivity index (χ0v) is 12.9. The highest BCUT2D eigenvalue weighted by atomic mass is 79.9. The van der Waals surface area contributed by atoms with E-state index in [1.807, 2.05) is 0 Å². The van der Waals surface area contributed by atoms with Crippen LogP contribution in [0.15, 0.2) is 39.3 Å². The molecule has 0 radical (unpaired) electrons. The highest BCUT2D eigenvalue weighted by Gasteiger charge is 2.13. The Kier molecular flexibility index (Phi) is 4.49. The van der Waals surface area contributed by atoms with Gasteiger partial charge in [-0.3, -0.25) is 4.79 Å². The average Bonchev–Trinajstić information content (AvgIpc) is 2.34. The van der Waals surface area contributed by atoms with Crippen molar-refractivity contribution >= 4 is 43.5 Å². The lowest BCUT2D eigenvalue weighted by molar-refractivity contribution is 0.102. The molecule has 0 spiro atoms. The van der Waals surface area contributed by atoms with Crippen molar-refractivity contribution in [1.29, 1.82) is 0 Å². The lowest BCUT2D eigenvalue weighted by Crippen LogP contribution is -2.12. The number of hydrogen-bond donors (Lipinski definition) is 1. The molecule has 104 valence electrons. The zero-order chi connectivity index (χ0) is 14.9. The molecule has 2 nitrogen and oxygen atoms in total. The minimum Gasteiger partial charge on any atom is -0.322 e. The number of amides is 1. The van der Waals surface area contributed by atoms with Crippen molar-refractivity contribution in [1.82, 2.24) is 0 Å². The van der Waals surface area contributed by atoms with Gasteiger partial charge in [-0.05, 0) is 18.2 Å². The Bertz CT molecular complexity index is 648. The third-order valence-electron chi connectivity index (χ3n) is 2.37. The summed E-state index contributed by atoms with van der Waals surface area (Å²) >= 11 is 6.44. The molecule has 0 atom stereocenters. The molecule has 0 heterocycles. The monoisotopic (exact) mass is 407 g/mol. The molecule has 0 aromatic heterocycles. The molecule has 0 unspecified atom stereocenters. The Hall–Kier alpha value is -1.34. The minimum atomic E-state index is -1.58. The number of nitrogens with one attached hydrogen (secondary N) is 1. The smallest absolute Gasteiger partial charge is 0.255 e. The van der Waals surface area contributed by atoms with E-state index in [1.54, 1.807) is 6.07 Å². The standard InChI is InChI=1S/C13H6Br2F3NO/c14-7-1-6(2-8(15)3-7)13(20)19-9-4-10(16)12(18)11(17)5-9/h1-5H,(H,19,20). The minimum absolute atomic E-state index is 0.164. The summed E-state index contributed by atoms with van der Waals surface area (Å²) in [6.07, 6.45) is 0. The number of carbonyl (C=O) groups excluding carboxylic acids is 1. The zero-order valence-electron chi connectivity index (χ0n) is 9.68. The van der Waals surface area contributed by atoms with Crippen LogP contribution in [-0.4, -0.2) is 5.91 Å². The first-order chi connectivity index (χ1) is 9.36. The predicted octanol–water partition coefficient (Wildman–Crippen LogP) is 4.88. The molecule has 2 rings (SSSR count). The number of carbonyl (C=O) groups is 1. The first-order valence-corrected chi connectivity index (χ1v) is 6.87. The van der Waals surface area contributed by atoms with E-state index in [2.05, 4.69) is 37.2 Å². The fourth-order valence-corrected chi connectivity index (χ4v) is 2.81. The van der Waals surface area contributed by atoms with Gasteiger partial charge in [-0.25, -0.2) is 13.2 Å². The Morgan fingerprint density at radius 2 is 1.40 bits per heavy atom. The van der Waals surface area contributed by atoms with Crippen LogP contribution in [0.25, 0.3) is 0 Å². The summed E-state index contributed by atoms with van der Waals surface area (Å²) in [6.45, 7) is 0. The predicted molar refractivity (Wildman–Crippen MR) is 76.1 cm³/mol. The SMILES string of the molecule is O=C(Nc1cc(F)c(F)c(F)c1)c1cc(Br)cc(Br)c1. The van der Waals surface area contributed by atoms with Gasteiger partial charge in [0.1, 0.15) is 0 Å². The van der Waals surface area contributed by atoms with Crippen molar-refractivity contribution in [3.05, 3.63) is 62.3 Å². The topological polar surface area (TPSA) is 29.1 Å². The first-order valence-electron chi connectivity index (χ1n) is 5.29. The van der Waals surface area contributed by atoms with Gasteiger partial charge in [-0.2, -0.15) is 0 Å². The number of anilines is 1. The van der Waals surface area contributed by atoms with Crippen molar-refractivity contribution in [3.8, 4) is 0 Å². The third kappa shape index (κ3) is 3.40. The molecular weight excluding hydrogens is 403 g/mol. The second kappa shape index (κ2) is 5.97. The van der Waals surface area contributed by atoms with Crippen LogP contribution in [0.2, 0.25) is 0 Å². The summed E-state index contributed by atoms with van der Waals surface area (Å²) in [5.41, 5.74) is 0.110. The number of halogens is 5. The van der Waals surface area contributed by atoms with Gasteiger partial charge < -0.3 is 5.32 Å². The molecule has 1 amide bonds. The lowest BCUT2D eigenvalue weighted by atomic mass is 10.2. The van der Waals surface area contributed by atoms with Crippen LogP contribution < -0.4 is 5.32 Å². The molecule has 7 heteroatoms. The van der Waals surface area contributed by atoms with Crippen molar-refractivity contribution < 1.29 is 18.0 Å². The van der Waals surface area contributed by atoms with Crippen molar-refractivity contribution in [2.75, 3.05) is 5.32 Å². The molecular formula is C13H6Br2F3NO. The van der Waals surface area contributed by atoms with E-state index in [0.717, 1.165) is 0 Å². The quantitative estimate of drug-likeness (QED) is 0.705. The molecule has 0 aliphatic heterocycles. The van der Waals surface area contributed by atoms with Crippen molar-refractivity contribution in [3.63, 3.8) is 0 Å². The van der Waals surface area contributed by atoms with Crippen LogP contribution in [0.1, 0.15) is 10.4 Å². The molecule has 0 bridgehead atoms. The maximum absolute atomic E-state index is 13.0. The third-order valence-corrected chi connectivity index (χ3v) is 3.28. The molecule has 0 fully saturated rings. The second-order valence-electron chi connectivity index (χ2n) is 3.87. The molecule has 20 heavy (non-hydrogen) atoms. The summed E-state index contributed by atoms with van der Waals surface area (Å²) in [7, 11) is 0. The van der Waals surface area contributed by atoms with Crippen LogP contribution in [0.3, 0.4) is 0 Å².